The quantitative estimate of drug-likeness (QED) is 0.355. The molecule has 0 N–H and O–H groups in total. The molecule has 0 amide bonds. The van der Waals surface area contributed by atoms with E-state index >= 15 is 0 Å². The highest BCUT2D eigenvalue weighted by Crippen LogP contribution is 2.21. The molecule has 0 aliphatic carbocycles. The molecule has 1 heteroatoms. The van der Waals surface area contributed by atoms with Crippen molar-refractivity contribution in [3.63, 3.8) is 0 Å². The van der Waals surface area contributed by atoms with Crippen LogP contribution in [-0.2, 0) is 0 Å². The maximum atomic E-state index is 4.35. The molecule has 0 fully saturated rings. The molecule has 0 spiro atoms. The van der Waals surface area contributed by atoms with E-state index in [1.807, 2.05) is 34.6 Å². The van der Waals surface area contributed by atoms with Crippen LogP contribution in [0, 0.1) is 11.3 Å². The molecule has 144 valence electrons. The second-order valence-corrected chi connectivity index (χ2v) is 8.58. The Kier molecular flexibility index (Phi) is 44.0. The molecule has 0 nitrogen and oxygen atoms in total. The minimum absolute atomic E-state index is 0.194. The van der Waals surface area contributed by atoms with Crippen molar-refractivity contribution in [1.82, 2.24) is 0 Å². The van der Waals surface area contributed by atoms with Gasteiger partial charge >= 0.3 is 0 Å². The van der Waals surface area contributed by atoms with Gasteiger partial charge in [-0.1, -0.05) is 80.9 Å². The molecule has 0 aliphatic heterocycles. The number of thiol groups is 1. The molecule has 0 bridgehead atoms. The average Bonchev–Trinajstić information content (AvgIpc) is 2.31. The third-order valence-electron chi connectivity index (χ3n) is 1.41. The van der Waals surface area contributed by atoms with Gasteiger partial charge in [0, 0.05) is 4.75 Å². The van der Waals surface area contributed by atoms with Crippen LogP contribution < -0.4 is 0 Å². The maximum absolute atomic E-state index is 4.35. The minimum Gasteiger partial charge on any atom is -0.173 e. The Morgan fingerprint density at radius 1 is 0.913 bits per heavy atom. The summed E-state index contributed by atoms with van der Waals surface area (Å²) in [6.07, 6.45) is 1.75. The number of hydrogen-bond donors (Lipinski definition) is 1. The fourth-order valence-corrected chi connectivity index (χ4v) is 0. The Balaban J connectivity index is -0.0000000404. The second-order valence-electron chi connectivity index (χ2n) is 7.42. The standard InChI is InChI=1S/C6H14S.C5H12.C4H8.C3H6.C2H6.C2H4/c1-5(2)6(3,4)7;1-5(2,3)4;1-4(2)3;1-3-2;2*1-2/h5,7H,1-4H3;1-4H3;1H2,2-3H3;3H,1H2,2H3;1-2H3;1-2H2. The van der Waals surface area contributed by atoms with Gasteiger partial charge in [0.2, 0.25) is 0 Å². The molecular weight excluding hydrogens is 296 g/mol. The molecule has 23 heavy (non-hydrogen) atoms. The Morgan fingerprint density at radius 2 is 0.957 bits per heavy atom. The van der Waals surface area contributed by atoms with Crippen LogP contribution in [0.4, 0.5) is 0 Å². The summed E-state index contributed by atoms with van der Waals surface area (Å²) >= 11 is 4.35. The lowest BCUT2D eigenvalue weighted by Gasteiger charge is -2.21. The fourth-order valence-electron chi connectivity index (χ4n) is 0. The first-order valence-corrected chi connectivity index (χ1v) is 8.95. The summed E-state index contributed by atoms with van der Waals surface area (Å²) in [5.41, 5.74) is 1.67. The summed E-state index contributed by atoms with van der Waals surface area (Å²) in [6, 6.07) is 0. The first kappa shape index (κ1) is 38.2. The monoisotopic (exact) mass is 346 g/mol. The molecule has 0 radical (unpaired) electrons. The Labute approximate surface area is 157 Å². The van der Waals surface area contributed by atoms with E-state index in [4.69, 9.17) is 0 Å². The zero-order chi connectivity index (χ0) is 20.9. The van der Waals surface area contributed by atoms with Gasteiger partial charge < -0.3 is 0 Å². The van der Waals surface area contributed by atoms with Gasteiger partial charge in [-0.15, -0.1) is 26.3 Å². The lowest BCUT2D eigenvalue weighted by atomic mass is 10.00. The van der Waals surface area contributed by atoms with Crippen LogP contribution in [0.3, 0.4) is 0 Å². The molecule has 0 unspecified atom stereocenters. The molecule has 0 atom stereocenters. The van der Waals surface area contributed by atoms with Gasteiger partial charge in [0.1, 0.15) is 0 Å². The van der Waals surface area contributed by atoms with Crippen LogP contribution in [0.25, 0.3) is 0 Å². The number of allylic oxidation sites excluding steroid dienone is 2. The van der Waals surface area contributed by atoms with Crippen molar-refractivity contribution in [2.24, 2.45) is 11.3 Å². The van der Waals surface area contributed by atoms with Crippen LogP contribution in [0.15, 0.2) is 38.0 Å². The third-order valence-corrected chi connectivity index (χ3v) is 1.93. The van der Waals surface area contributed by atoms with Crippen LogP contribution in [0.5, 0.6) is 0 Å². The van der Waals surface area contributed by atoms with E-state index in [9.17, 15) is 0 Å². The fraction of sp³-hybridized carbons (Fsp3) is 0.727. The maximum Gasteiger partial charge on any atom is 0.00960 e. The summed E-state index contributed by atoms with van der Waals surface area (Å²) in [5, 5.41) is 0. The molecule has 0 saturated heterocycles. The first-order valence-electron chi connectivity index (χ1n) is 8.51. The van der Waals surface area contributed by atoms with Crippen molar-refractivity contribution in [2.75, 3.05) is 0 Å². The van der Waals surface area contributed by atoms with E-state index in [2.05, 4.69) is 94.3 Å². The van der Waals surface area contributed by atoms with E-state index in [-0.39, 0.29) is 4.75 Å². The second kappa shape index (κ2) is 26.5. The van der Waals surface area contributed by atoms with Crippen molar-refractivity contribution >= 4 is 12.6 Å². The highest BCUT2D eigenvalue weighted by molar-refractivity contribution is 7.81. The minimum atomic E-state index is 0.194. The van der Waals surface area contributed by atoms with Crippen molar-refractivity contribution in [2.45, 2.75) is 94.8 Å². The normalized spacial score (nSPS) is 8.65. The predicted octanol–water partition coefficient (Wildman–Crippen LogP) is 9.01. The lowest BCUT2D eigenvalue weighted by Crippen LogP contribution is -2.18. The van der Waals surface area contributed by atoms with Gasteiger partial charge in [-0.2, -0.15) is 12.6 Å². The smallest absolute Gasteiger partial charge is 0.00960 e. The van der Waals surface area contributed by atoms with Gasteiger partial charge in [0.05, 0.1) is 0 Å². The third kappa shape index (κ3) is 266. The van der Waals surface area contributed by atoms with Gasteiger partial charge in [-0.3, -0.25) is 0 Å². The van der Waals surface area contributed by atoms with Gasteiger partial charge in [-0.05, 0) is 32.1 Å². The van der Waals surface area contributed by atoms with Crippen LogP contribution in [0.1, 0.15) is 90.0 Å². The van der Waals surface area contributed by atoms with Crippen LogP contribution in [-0.4, -0.2) is 4.75 Å². The van der Waals surface area contributed by atoms with Gasteiger partial charge in [0.25, 0.3) is 0 Å². The Hall–Kier alpha value is -0.430. The molecule has 0 heterocycles. The lowest BCUT2D eigenvalue weighted by molar-refractivity contribution is 0.469. The van der Waals surface area contributed by atoms with E-state index in [0.29, 0.717) is 11.3 Å². The number of rotatable bonds is 1. The first-order chi connectivity index (χ1) is 10.1. The average molecular weight is 347 g/mol. The van der Waals surface area contributed by atoms with E-state index in [0.717, 1.165) is 0 Å². The topological polar surface area (TPSA) is 0 Å². The predicted molar refractivity (Wildman–Crippen MR) is 122 cm³/mol. The Bertz CT molecular complexity index is 201. The Morgan fingerprint density at radius 3 is 0.957 bits per heavy atom. The molecule has 0 aromatic carbocycles. The molecular formula is C22H50S. The van der Waals surface area contributed by atoms with E-state index < -0.39 is 0 Å². The molecule has 0 aromatic heterocycles. The summed E-state index contributed by atoms with van der Waals surface area (Å²) in [6.45, 7) is 40.1. The summed E-state index contributed by atoms with van der Waals surface area (Å²) in [7, 11) is 0. The SMILES string of the molecule is C=C.C=C(C)C.C=CC.CC.CC(C)(C)C.CC(C)C(C)(C)S. The van der Waals surface area contributed by atoms with E-state index in [1.54, 1.807) is 6.08 Å². The molecule has 0 saturated carbocycles. The summed E-state index contributed by atoms with van der Waals surface area (Å²) < 4.78 is 0.194. The summed E-state index contributed by atoms with van der Waals surface area (Å²) in [5.74, 6) is 0.663. The van der Waals surface area contributed by atoms with Crippen molar-refractivity contribution < 1.29 is 0 Å². The summed E-state index contributed by atoms with van der Waals surface area (Å²) in [4.78, 5) is 0. The largest absolute Gasteiger partial charge is 0.173 e. The highest BCUT2D eigenvalue weighted by Gasteiger charge is 2.15. The molecule has 0 aliphatic rings. The van der Waals surface area contributed by atoms with Crippen molar-refractivity contribution in [1.29, 1.82) is 0 Å². The highest BCUT2D eigenvalue weighted by atomic mass is 32.1. The van der Waals surface area contributed by atoms with Gasteiger partial charge in [0.15, 0.2) is 0 Å². The molecule has 0 aromatic rings. The van der Waals surface area contributed by atoms with Crippen molar-refractivity contribution in [3.05, 3.63) is 38.0 Å². The van der Waals surface area contributed by atoms with Gasteiger partial charge in [-0.25, -0.2) is 0 Å². The zero-order valence-corrected chi connectivity index (χ0v) is 19.8. The van der Waals surface area contributed by atoms with Crippen molar-refractivity contribution in [3.8, 4) is 0 Å². The van der Waals surface area contributed by atoms with Crippen LogP contribution in [0.2, 0.25) is 0 Å². The van der Waals surface area contributed by atoms with Crippen LogP contribution >= 0.6 is 12.6 Å². The molecule has 0 rings (SSSR count). The zero-order valence-electron chi connectivity index (χ0n) is 18.9. The number of hydrogen-bond acceptors (Lipinski definition) is 1. The van der Waals surface area contributed by atoms with E-state index in [1.165, 1.54) is 5.57 Å².